The van der Waals surface area contributed by atoms with Crippen molar-refractivity contribution >= 4 is 46.0 Å². The molecule has 0 saturated carbocycles. The van der Waals surface area contributed by atoms with Crippen LogP contribution in [0.15, 0.2) is 28.2 Å². The Morgan fingerprint density at radius 1 is 1.22 bits per heavy atom. The van der Waals surface area contributed by atoms with Crippen molar-refractivity contribution in [1.29, 1.82) is 0 Å². The highest BCUT2D eigenvalue weighted by atomic mass is 35.5. The molecule has 3 rings (SSSR count). The van der Waals surface area contributed by atoms with Gasteiger partial charge in [-0.2, -0.15) is 0 Å². The Morgan fingerprint density at radius 2 is 1.96 bits per heavy atom. The maximum absolute atomic E-state index is 12.3. The van der Waals surface area contributed by atoms with E-state index < -0.39 is 0 Å². The zero-order chi connectivity index (χ0) is 19.6. The highest BCUT2D eigenvalue weighted by molar-refractivity contribution is 7.99. The normalized spacial score (nSPS) is 10.8. The minimum atomic E-state index is -0.299. The number of carbonyl (C=O) groups is 1. The molecule has 0 aliphatic rings. The average molecular weight is 409 g/mol. The van der Waals surface area contributed by atoms with Gasteiger partial charge in [-0.25, -0.2) is 4.98 Å². The Bertz CT molecular complexity index is 1060. The summed E-state index contributed by atoms with van der Waals surface area (Å²) in [7, 11) is 2.97. The van der Waals surface area contributed by atoms with E-state index in [4.69, 9.17) is 21.1 Å². The number of amides is 1. The van der Waals surface area contributed by atoms with Crippen LogP contribution in [-0.4, -0.2) is 40.8 Å². The molecule has 0 bridgehead atoms. The van der Waals surface area contributed by atoms with Crippen LogP contribution < -0.4 is 20.3 Å². The van der Waals surface area contributed by atoms with E-state index in [0.29, 0.717) is 38.4 Å². The summed E-state index contributed by atoms with van der Waals surface area (Å²) in [6, 6.07) is 4.92. The number of anilines is 1. The monoisotopic (exact) mass is 408 g/mol. The van der Waals surface area contributed by atoms with Crippen molar-refractivity contribution in [2.75, 3.05) is 25.3 Å². The first-order valence-corrected chi connectivity index (χ1v) is 9.21. The molecule has 2 aromatic heterocycles. The highest BCUT2D eigenvalue weighted by Crippen LogP contribution is 2.36. The number of thioether (sulfide) groups is 1. The third-order valence-electron chi connectivity index (χ3n) is 3.69. The molecular weight excluding hydrogens is 392 g/mol. The molecule has 2 heterocycles. The van der Waals surface area contributed by atoms with Gasteiger partial charge in [0.2, 0.25) is 5.91 Å². The van der Waals surface area contributed by atoms with E-state index in [2.05, 4.69) is 20.3 Å². The third kappa shape index (κ3) is 4.20. The number of H-pyrrole nitrogens is 2. The maximum Gasteiger partial charge on any atom is 0.275 e. The lowest BCUT2D eigenvalue weighted by Gasteiger charge is -2.13. The SMILES string of the molecule is COc1cc(OC)c(NC(=O)CSc2nc3cc(C)[nH]c3c(=O)[nH]2)cc1Cl. The van der Waals surface area contributed by atoms with Gasteiger partial charge >= 0.3 is 0 Å². The van der Waals surface area contributed by atoms with E-state index in [1.165, 1.54) is 14.2 Å². The van der Waals surface area contributed by atoms with Gasteiger partial charge in [-0.15, -0.1) is 0 Å². The molecule has 142 valence electrons. The van der Waals surface area contributed by atoms with Gasteiger partial charge in [0.25, 0.3) is 5.56 Å². The van der Waals surface area contributed by atoms with Crippen molar-refractivity contribution in [2.24, 2.45) is 0 Å². The van der Waals surface area contributed by atoms with E-state index in [1.54, 1.807) is 18.2 Å². The molecule has 3 N–H and O–H groups in total. The molecule has 0 atom stereocenters. The first-order chi connectivity index (χ1) is 12.9. The van der Waals surface area contributed by atoms with Crippen molar-refractivity contribution < 1.29 is 14.3 Å². The van der Waals surface area contributed by atoms with Crippen LogP contribution in [0, 0.1) is 6.92 Å². The second-order valence-corrected chi connectivity index (χ2v) is 6.98. The van der Waals surface area contributed by atoms with Crippen molar-refractivity contribution in [3.63, 3.8) is 0 Å². The van der Waals surface area contributed by atoms with Crippen LogP contribution in [0.25, 0.3) is 11.0 Å². The largest absolute Gasteiger partial charge is 0.495 e. The number of carbonyl (C=O) groups excluding carboxylic acids is 1. The minimum absolute atomic E-state index is 0.0463. The zero-order valence-corrected chi connectivity index (χ0v) is 16.4. The quantitative estimate of drug-likeness (QED) is 0.427. The number of hydrogen-bond donors (Lipinski definition) is 3. The first-order valence-electron chi connectivity index (χ1n) is 7.85. The second-order valence-electron chi connectivity index (χ2n) is 5.61. The fraction of sp³-hybridized carbons (Fsp3) is 0.235. The Balaban J connectivity index is 1.72. The average Bonchev–Trinajstić information content (AvgIpc) is 3.01. The van der Waals surface area contributed by atoms with E-state index in [1.807, 2.05) is 6.92 Å². The van der Waals surface area contributed by atoms with Gasteiger partial charge < -0.3 is 19.8 Å². The molecule has 1 amide bonds. The number of aryl methyl sites for hydroxylation is 1. The summed E-state index contributed by atoms with van der Waals surface area (Å²) in [5.74, 6) is 0.612. The highest BCUT2D eigenvalue weighted by Gasteiger charge is 2.14. The van der Waals surface area contributed by atoms with Gasteiger partial charge in [-0.05, 0) is 19.1 Å². The van der Waals surface area contributed by atoms with E-state index in [-0.39, 0.29) is 17.2 Å². The Morgan fingerprint density at radius 3 is 2.67 bits per heavy atom. The molecule has 0 radical (unpaired) electrons. The number of methoxy groups -OCH3 is 2. The van der Waals surface area contributed by atoms with Gasteiger partial charge in [0, 0.05) is 11.8 Å². The summed E-state index contributed by atoms with van der Waals surface area (Å²) in [6.07, 6.45) is 0. The maximum atomic E-state index is 12.3. The summed E-state index contributed by atoms with van der Waals surface area (Å²) in [5.41, 5.74) is 1.96. The lowest BCUT2D eigenvalue weighted by Crippen LogP contribution is -2.16. The molecule has 8 nitrogen and oxygen atoms in total. The van der Waals surface area contributed by atoms with Crippen molar-refractivity contribution in [2.45, 2.75) is 12.1 Å². The van der Waals surface area contributed by atoms with Crippen LogP contribution in [0.5, 0.6) is 11.5 Å². The zero-order valence-electron chi connectivity index (χ0n) is 14.8. The summed E-state index contributed by atoms with van der Waals surface area (Å²) in [6.45, 7) is 1.84. The number of rotatable bonds is 6. The summed E-state index contributed by atoms with van der Waals surface area (Å²) in [5, 5.41) is 3.44. The first kappa shape index (κ1) is 19.1. The smallest absolute Gasteiger partial charge is 0.275 e. The van der Waals surface area contributed by atoms with Crippen LogP contribution >= 0.6 is 23.4 Å². The standard InChI is InChI=1S/C17H17ClN4O4S/c1-8-4-11-15(19-8)16(24)22-17(21-11)27-7-14(23)20-10-5-9(18)12(25-2)6-13(10)26-3/h4-6,19H,7H2,1-3H3,(H,20,23)(H,21,22,24). The molecule has 0 unspecified atom stereocenters. The Hall–Kier alpha value is -2.65. The number of halogens is 1. The van der Waals surface area contributed by atoms with Gasteiger partial charge in [-0.3, -0.25) is 14.6 Å². The third-order valence-corrected chi connectivity index (χ3v) is 4.86. The number of hydrogen-bond acceptors (Lipinski definition) is 6. The molecule has 0 spiro atoms. The van der Waals surface area contributed by atoms with E-state index in [9.17, 15) is 9.59 Å². The minimum Gasteiger partial charge on any atom is -0.495 e. The van der Waals surface area contributed by atoms with Crippen LogP contribution in [0.3, 0.4) is 0 Å². The van der Waals surface area contributed by atoms with E-state index in [0.717, 1.165) is 17.5 Å². The molecule has 0 aliphatic carbocycles. The fourth-order valence-corrected chi connectivity index (χ4v) is 3.39. The molecule has 1 aromatic carbocycles. The van der Waals surface area contributed by atoms with Gasteiger partial charge in [0.05, 0.1) is 36.2 Å². The number of benzene rings is 1. The van der Waals surface area contributed by atoms with Crippen LogP contribution in [0.2, 0.25) is 5.02 Å². The molecular formula is C17H17ClN4O4S. The lowest BCUT2D eigenvalue weighted by molar-refractivity contribution is -0.113. The van der Waals surface area contributed by atoms with Crippen molar-refractivity contribution in [3.05, 3.63) is 39.3 Å². The van der Waals surface area contributed by atoms with Crippen LogP contribution in [0.4, 0.5) is 5.69 Å². The molecule has 0 aliphatic heterocycles. The molecule has 27 heavy (non-hydrogen) atoms. The summed E-state index contributed by atoms with van der Waals surface area (Å²) < 4.78 is 10.4. The summed E-state index contributed by atoms with van der Waals surface area (Å²) >= 11 is 7.22. The van der Waals surface area contributed by atoms with E-state index >= 15 is 0 Å². The summed E-state index contributed by atoms with van der Waals surface area (Å²) in [4.78, 5) is 34.3. The molecule has 10 heteroatoms. The predicted molar refractivity (Wildman–Crippen MR) is 105 cm³/mol. The number of ether oxygens (including phenoxy) is 2. The second kappa shape index (κ2) is 7.93. The molecule has 3 aromatic rings. The lowest BCUT2D eigenvalue weighted by atomic mass is 10.2. The van der Waals surface area contributed by atoms with Crippen LogP contribution in [0.1, 0.15) is 5.69 Å². The van der Waals surface area contributed by atoms with Crippen molar-refractivity contribution in [1.82, 2.24) is 15.0 Å². The molecule has 0 fully saturated rings. The van der Waals surface area contributed by atoms with Crippen LogP contribution in [-0.2, 0) is 4.79 Å². The predicted octanol–water partition coefficient (Wildman–Crippen LogP) is 2.96. The number of fused-ring (bicyclic) bond motifs is 1. The Kier molecular flexibility index (Phi) is 5.62. The Labute approximate surface area is 163 Å². The number of aromatic nitrogens is 3. The number of nitrogens with one attached hydrogen (secondary N) is 3. The van der Waals surface area contributed by atoms with Crippen molar-refractivity contribution in [3.8, 4) is 11.5 Å². The molecule has 0 saturated heterocycles. The van der Waals surface area contributed by atoms with Gasteiger partial charge in [0.1, 0.15) is 17.0 Å². The topological polar surface area (TPSA) is 109 Å². The van der Waals surface area contributed by atoms with Gasteiger partial charge in [0.15, 0.2) is 5.16 Å². The number of nitrogens with zero attached hydrogens (tertiary/aromatic N) is 1. The number of aromatic amines is 2. The fourth-order valence-electron chi connectivity index (χ4n) is 2.48. The van der Waals surface area contributed by atoms with Gasteiger partial charge in [-0.1, -0.05) is 23.4 Å².